The van der Waals surface area contributed by atoms with Crippen molar-refractivity contribution in [2.24, 2.45) is 0 Å². The Morgan fingerprint density at radius 3 is 2.70 bits per heavy atom. The van der Waals surface area contributed by atoms with Crippen LogP contribution in [-0.2, 0) is 11.3 Å². The molecule has 7 heteroatoms. The van der Waals surface area contributed by atoms with Gasteiger partial charge in [-0.05, 0) is 42.7 Å². The molecule has 0 aliphatic carbocycles. The Kier molecular flexibility index (Phi) is 6.55. The van der Waals surface area contributed by atoms with Gasteiger partial charge in [0.1, 0.15) is 0 Å². The van der Waals surface area contributed by atoms with Crippen molar-refractivity contribution in [1.82, 2.24) is 4.98 Å². The van der Waals surface area contributed by atoms with Gasteiger partial charge in [0.2, 0.25) is 0 Å². The lowest BCUT2D eigenvalue weighted by Crippen LogP contribution is -3.08. The highest BCUT2D eigenvalue weighted by Crippen LogP contribution is 2.24. The van der Waals surface area contributed by atoms with E-state index in [9.17, 15) is 4.79 Å². The molecular formula is C20H21ClN3O2S+. The van der Waals surface area contributed by atoms with E-state index in [1.165, 1.54) is 0 Å². The molecule has 0 aliphatic rings. The number of aromatic nitrogens is 1. The van der Waals surface area contributed by atoms with Gasteiger partial charge in [-0.25, -0.2) is 4.98 Å². The fourth-order valence-corrected chi connectivity index (χ4v) is 3.36. The van der Waals surface area contributed by atoms with Gasteiger partial charge in [-0.3, -0.25) is 4.79 Å². The van der Waals surface area contributed by atoms with Crippen molar-refractivity contribution in [3.05, 3.63) is 65.6 Å². The lowest BCUT2D eigenvalue weighted by Gasteiger charge is -2.13. The number of amides is 1. The van der Waals surface area contributed by atoms with Crippen molar-refractivity contribution in [1.29, 1.82) is 0 Å². The summed E-state index contributed by atoms with van der Waals surface area (Å²) in [5.41, 5.74) is 1.76. The third-order valence-electron chi connectivity index (χ3n) is 3.98. The zero-order chi connectivity index (χ0) is 19.2. The highest BCUT2D eigenvalue weighted by Gasteiger charge is 2.15. The average molecular weight is 403 g/mol. The molecule has 1 atom stereocenters. The summed E-state index contributed by atoms with van der Waals surface area (Å²) in [6, 6.07) is 15.2. The first kappa shape index (κ1) is 19.5. The number of carbonyl (C=O) groups is 1. The van der Waals surface area contributed by atoms with Gasteiger partial charge in [0.25, 0.3) is 11.8 Å². The Bertz CT molecular complexity index is 912. The Balaban J connectivity index is 1.57. The second-order valence-electron chi connectivity index (χ2n) is 6.18. The molecule has 1 amide bonds. The van der Waals surface area contributed by atoms with Crippen LogP contribution < -0.4 is 10.2 Å². The Labute approximate surface area is 167 Å². The van der Waals surface area contributed by atoms with Gasteiger partial charge in [0.05, 0.1) is 18.9 Å². The molecular weight excluding hydrogens is 382 g/mol. The number of anilines is 1. The maximum absolute atomic E-state index is 12.3. The summed E-state index contributed by atoms with van der Waals surface area (Å²) < 4.78 is 5.81. The second kappa shape index (κ2) is 9.08. The molecule has 1 aromatic heterocycles. The minimum absolute atomic E-state index is 0.0431. The molecule has 1 heterocycles. The van der Waals surface area contributed by atoms with E-state index in [1.807, 2.05) is 61.8 Å². The molecule has 0 radical (unpaired) electrons. The fraction of sp³-hybridized carbons (Fsp3) is 0.200. The van der Waals surface area contributed by atoms with Gasteiger partial charge in [0, 0.05) is 15.5 Å². The highest BCUT2D eigenvalue weighted by molar-refractivity contribution is 7.98. The van der Waals surface area contributed by atoms with Crippen molar-refractivity contribution >= 4 is 35.0 Å². The van der Waals surface area contributed by atoms with E-state index in [4.69, 9.17) is 16.0 Å². The number of halogens is 1. The smallest absolute Gasteiger partial charge is 0.279 e. The minimum atomic E-state index is -0.0431. The Morgan fingerprint density at radius 1 is 1.22 bits per heavy atom. The van der Waals surface area contributed by atoms with Crippen molar-refractivity contribution in [2.75, 3.05) is 25.2 Å². The quantitative estimate of drug-likeness (QED) is 0.595. The number of hydrogen-bond acceptors (Lipinski definition) is 4. The predicted molar refractivity (Wildman–Crippen MR) is 109 cm³/mol. The van der Waals surface area contributed by atoms with Gasteiger partial charge in [0.15, 0.2) is 18.8 Å². The maximum Gasteiger partial charge on any atom is 0.279 e. The van der Waals surface area contributed by atoms with Crippen LogP contribution in [-0.4, -0.2) is 30.7 Å². The van der Waals surface area contributed by atoms with Crippen LogP contribution in [0.15, 0.2) is 64.0 Å². The predicted octanol–water partition coefficient (Wildman–Crippen LogP) is 3.37. The maximum atomic E-state index is 12.3. The number of benzene rings is 2. The lowest BCUT2D eigenvalue weighted by molar-refractivity contribution is -0.886. The van der Waals surface area contributed by atoms with E-state index in [0.717, 1.165) is 21.0 Å². The molecule has 0 saturated carbocycles. The van der Waals surface area contributed by atoms with Crippen LogP contribution in [0.3, 0.4) is 0 Å². The molecule has 0 saturated heterocycles. The molecule has 2 N–H and O–H groups in total. The summed E-state index contributed by atoms with van der Waals surface area (Å²) in [5, 5.41) is 3.65. The van der Waals surface area contributed by atoms with E-state index < -0.39 is 0 Å². The summed E-state index contributed by atoms with van der Waals surface area (Å²) in [4.78, 5) is 18.7. The fourth-order valence-electron chi connectivity index (χ4n) is 2.68. The number of para-hydroxylation sites is 1. The van der Waals surface area contributed by atoms with Crippen molar-refractivity contribution in [2.45, 2.75) is 11.4 Å². The van der Waals surface area contributed by atoms with Crippen LogP contribution in [0, 0.1) is 0 Å². The molecule has 140 valence electrons. The third kappa shape index (κ3) is 5.35. The monoisotopic (exact) mass is 402 g/mol. The first-order valence-corrected chi connectivity index (χ1v) is 10.1. The van der Waals surface area contributed by atoms with Crippen LogP contribution in [0.25, 0.3) is 11.3 Å². The molecule has 3 rings (SSSR count). The van der Waals surface area contributed by atoms with Crippen LogP contribution in [0.5, 0.6) is 0 Å². The summed E-state index contributed by atoms with van der Waals surface area (Å²) in [5.74, 6) is 1.24. The van der Waals surface area contributed by atoms with E-state index in [2.05, 4.69) is 10.3 Å². The number of nitrogens with zero attached hydrogens (tertiary/aromatic N) is 1. The van der Waals surface area contributed by atoms with E-state index >= 15 is 0 Å². The van der Waals surface area contributed by atoms with Crippen LogP contribution in [0.1, 0.15) is 5.89 Å². The first-order valence-electron chi connectivity index (χ1n) is 8.50. The van der Waals surface area contributed by atoms with Gasteiger partial charge in [-0.1, -0.05) is 23.7 Å². The number of quaternary nitrogens is 1. The van der Waals surface area contributed by atoms with Crippen molar-refractivity contribution in [3.63, 3.8) is 0 Å². The average Bonchev–Trinajstić information content (AvgIpc) is 3.10. The SMILES string of the molecule is CSc1ccccc1NC(=O)C[NH+](C)Cc1ncc(-c2ccc(Cl)cc2)o1. The van der Waals surface area contributed by atoms with E-state index in [0.29, 0.717) is 29.8 Å². The number of oxazole rings is 1. The Hall–Kier alpha value is -2.28. The van der Waals surface area contributed by atoms with Crippen LogP contribution in [0.4, 0.5) is 5.69 Å². The van der Waals surface area contributed by atoms with E-state index in [1.54, 1.807) is 18.0 Å². The Morgan fingerprint density at radius 2 is 1.96 bits per heavy atom. The molecule has 5 nitrogen and oxygen atoms in total. The lowest BCUT2D eigenvalue weighted by atomic mass is 10.2. The molecule has 0 spiro atoms. The molecule has 0 bridgehead atoms. The first-order chi connectivity index (χ1) is 13.0. The van der Waals surface area contributed by atoms with Gasteiger partial charge >= 0.3 is 0 Å². The number of nitrogens with one attached hydrogen (secondary N) is 2. The van der Waals surface area contributed by atoms with Crippen LogP contribution >= 0.6 is 23.4 Å². The largest absolute Gasteiger partial charge is 0.435 e. The molecule has 0 fully saturated rings. The van der Waals surface area contributed by atoms with Crippen LogP contribution in [0.2, 0.25) is 5.02 Å². The highest BCUT2D eigenvalue weighted by atomic mass is 35.5. The standard InChI is InChI=1S/C20H20ClN3O2S/c1-24(12-19(25)23-16-5-3-4-6-18(16)27-2)13-20-22-11-17(26-20)14-7-9-15(21)10-8-14/h3-11H,12-13H2,1-2H3,(H,23,25)/p+1. The third-order valence-corrected chi connectivity index (χ3v) is 5.03. The number of thioether (sulfide) groups is 1. The van der Waals surface area contributed by atoms with E-state index in [-0.39, 0.29) is 5.91 Å². The number of carbonyl (C=O) groups excluding carboxylic acids is 1. The molecule has 2 aromatic carbocycles. The number of likely N-dealkylation sites (N-methyl/N-ethyl adjacent to an activating group) is 1. The number of hydrogen-bond donors (Lipinski definition) is 2. The molecule has 0 aliphatic heterocycles. The molecule has 1 unspecified atom stereocenters. The normalized spacial score (nSPS) is 12.0. The zero-order valence-electron chi connectivity index (χ0n) is 15.2. The van der Waals surface area contributed by atoms with Gasteiger partial charge in [-0.15, -0.1) is 11.8 Å². The van der Waals surface area contributed by atoms with Gasteiger partial charge < -0.3 is 14.6 Å². The van der Waals surface area contributed by atoms with Gasteiger partial charge in [-0.2, -0.15) is 0 Å². The topological polar surface area (TPSA) is 59.6 Å². The molecule has 3 aromatic rings. The van der Waals surface area contributed by atoms with Crippen molar-refractivity contribution < 1.29 is 14.1 Å². The zero-order valence-corrected chi connectivity index (χ0v) is 16.7. The summed E-state index contributed by atoms with van der Waals surface area (Å²) in [6.45, 7) is 0.840. The second-order valence-corrected chi connectivity index (χ2v) is 7.47. The minimum Gasteiger partial charge on any atom is -0.435 e. The summed E-state index contributed by atoms with van der Waals surface area (Å²) in [7, 11) is 1.94. The summed E-state index contributed by atoms with van der Waals surface area (Å²) in [6.07, 6.45) is 3.68. The summed E-state index contributed by atoms with van der Waals surface area (Å²) >= 11 is 7.52. The molecule has 27 heavy (non-hydrogen) atoms. The number of rotatable bonds is 7. The van der Waals surface area contributed by atoms with Crippen molar-refractivity contribution in [3.8, 4) is 11.3 Å².